The Kier molecular flexibility index (Phi) is 2.80. The zero-order valence-corrected chi connectivity index (χ0v) is 9.20. The van der Waals surface area contributed by atoms with Gasteiger partial charge in [-0.25, -0.2) is 0 Å². The summed E-state index contributed by atoms with van der Waals surface area (Å²) < 4.78 is 4.87. The third-order valence-electron chi connectivity index (χ3n) is 1.94. The van der Waals surface area contributed by atoms with Gasteiger partial charge in [0.05, 0.1) is 16.1 Å². The number of nitrogens with zero attached hydrogens (tertiary/aromatic N) is 2. The molecule has 0 saturated heterocycles. The van der Waals surface area contributed by atoms with Gasteiger partial charge in [-0.2, -0.15) is 0 Å². The van der Waals surface area contributed by atoms with E-state index >= 15 is 0 Å². The second kappa shape index (κ2) is 4.11. The van der Waals surface area contributed by atoms with Crippen LogP contribution in [0.2, 0.25) is 10.0 Å². The highest BCUT2D eigenvalue weighted by Gasteiger charge is 2.18. The predicted molar refractivity (Wildman–Crippen MR) is 58.6 cm³/mol. The highest BCUT2D eigenvalue weighted by atomic mass is 35.5. The normalized spacial score (nSPS) is 10.4. The summed E-state index contributed by atoms with van der Waals surface area (Å²) in [4.78, 5) is 10.1. The molecule has 0 spiro atoms. The van der Waals surface area contributed by atoms with Gasteiger partial charge in [-0.3, -0.25) is 10.1 Å². The van der Waals surface area contributed by atoms with Gasteiger partial charge in [0.25, 0.3) is 5.69 Å². The second-order valence-corrected chi connectivity index (χ2v) is 3.73. The molecule has 0 saturated carbocycles. The SMILES string of the molecule is O=[N+]([O-])c1cc(-c2ccno2)c(Cl)cc1Cl. The van der Waals surface area contributed by atoms with Gasteiger partial charge < -0.3 is 4.52 Å². The van der Waals surface area contributed by atoms with Crippen molar-refractivity contribution in [2.24, 2.45) is 0 Å². The van der Waals surface area contributed by atoms with Crippen molar-refractivity contribution in [1.82, 2.24) is 5.16 Å². The molecule has 7 heteroatoms. The second-order valence-electron chi connectivity index (χ2n) is 2.92. The quantitative estimate of drug-likeness (QED) is 0.610. The maximum absolute atomic E-state index is 10.7. The van der Waals surface area contributed by atoms with Crippen molar-refractivity contribution >= 4 is 28.9 Å². The van der Waals surface area contributed by atoms with Crippen molar-refractivity contribution in [3.05, 3.63) is 44.6 Å². The maximum atomic E-state index is 10.7. The fourth-order valence-electron chi connectivity index (χ4n) is 1.22. The van der Waals surface area contributed by atoms with Gasteiger partial charge in [-0.05, 0) is 6.07 Å². The maximum Gasteiger partial charge on any atom is 0.288 e. The van der Waals surface area contributed by atoms with Crippen molar-refractivity contribution in [3.63, 3.8) is 0 Å². The summed E-state index contributed by atoms with van der Waals surface area (Å²) in [6.45, 7) is 0. The summed E-state index contributed by atoms with van der Waals surface area (Å²) in [5.74, 6) is 0.352. The van der Waals surface area contributed by atoms with Crippen LogP contribution in [-0.4, -0.2) is 10.1 Å². The Balaban J connectivity index is 2.63. The van der Waals surface area contributed by atoms with Gasteiger partial charge >= 0.3 is 0 Å². The number of hydrogen-bond acceptors (Lipinski definition) is 4. The number of rotatable bonds is 2. The van der Waals surface area contributed by atoms with E-state index in [1.807, 2.05) is 0 Å². The van der Waals surface area contributed by atoms with Gasteiger partial charge in [0.2, 0.25) is 0 Å². The standard InChI is InChI=1S/C9H4Cl2N2O3/c10-6-4-7(11)8(13(14)15)3-5(6)9-1-2-12-16-9/h1-4H. The Morgan fingerprint density at radius 1 is 1.31 bits per heavy atom. The molecule has 0 fully saturated rings. The summed E-state index contributed by atoms with van der Waals surface area (Å²) in [6.07, 6.45) is 1.42. The summed E-state index contributed by atoms with van der Waals surface area (Å²) >= 11 is 11.6. The topological polar surface area (TPSA) is 69.2 Å². The van der Waals surface area contributed by atoms with Crippen molar-refractivity contribution in [3.8, 4) is 11.3 Å². The van der Waals surface area contributed by atoms with Crippen molar-refractivity contribution in [1.29, 1.82) is 0 Å². The van der Waals surface area contributed by atoms with Crippen LogP contribution in [0.1, 0.15) is 0 Å². The molecule has 16 heavy (non-hydrogen) atoms. The number of halogens is 2. The van der Waals surface area contributed by atoms with Crippen LogP contribution in [-0.2, 0) is 0 Å². The first-order valence-electron chi connectivity index (χ1n) is 4.14. The third kappa shape index (κ3) is 1.87. The van der Waals surface area contributed by atoms with Crippen LogP contribution in [0.15, 0.2) is 28.9 Å². The van der Waals surface area contributed by atoms with E-state index in [4.69, 9.17) is 27.7 Å². The molecule has 82 valence electrons. The van der Waals surface area contributed by atoms with Crippen LogP contribution in [0, 0.1) is 10.1 Å². The molecular formula is C9H4Cl2N2O3. The molecule has 0 aliphatic carbocycles. The number of nitro benzene ring substituents is 1. The summed E-state index contributed by atoms with van der Waals surface area (Å²) in [7, 11) is 0. The lowest BCUT2D eigenvalue weighted by atomic mass is 10.1. The highest BCUT2D eigenvalue weighted by Crippen LogP contribution is 2.36. The molecule has 5 nitrogen and oxygen atoms in total. The van der Waals surface area contributed by atoms with E-state index < -0.39 is 4.92 Å². The molecular weight excluding hydrogens is 255 g/mol. The number of aromatic nitrogens is 1. The van der Waals surface area contributed by atoms with Gasteiger partial charge in [0, 0.05) is 17.7 Å². The van der Waals surface area contributed by atoms with E-state index in [2.05, 4.69) is 5.16 Å². The van der Waals surface area contributed by atoms with Crippen LogP contribution in [0.4, 0.5) is 5.69 Å². The third-order valence-corrected chi connectivity index (χ3v) is 2.55. The van der Waals surface area contributed by atoms with E-state index in [0.717, 1.165) is 0 Å². The Hall–Kier alpha value is -1.59. The van der Waals surface area contributed by atoms with Gasteiger partial charge in [0.1, 0.15) is 5.02 Å². The largest absolute Gasteiger partial charge is 0.356 e. The first-order valence-corrected chi connectivity index (χ1v) is 4.89. The molecule has 2 rings (SSSR count). The van der Waals surface area contributed by atoms with Gasteiger partial charge in [0.15, 0.2) is 5.76 Å². The minimum atomic E-state index is -0.585. The van der Waals surface area contributed by atoms with Gasteiger partial charge in [-0.15, -0.1) is 0 Å². The Bertz CT molecular complexity index is 540. The summed E-state index contributed by atoms with van der Waals surface area (Å²) in [5, 5.41) is 14.4. The molecule has 2 aromatic rings. The minimum absolute atomic E-state index is 0.0155. The molecule has 1 aromatic carbocycles. The fraction of sp³-hybridized carbons (Fsp3) is 0. The highest BCUT2D eigenvalue weighted by molar-refractivity contribution is 6.37. The molecule has 1 heterocycles. The lowest BCUT2D eigenvalue weighted by molar-refractivity contribution is -0.384. The molecule has 0 bridgehead atoms. The Morgan fingerprint density at radius 3 is 2.62 bits per heavy atom. The number of hydrogen-bond donors (Lipinski definition) is 0. The van der Waals surface area contributed by atoms with Crippen molar-refractivity contribution < 1.29 is 9.45 Å². The van der Waals surface area contributed by atoms with E-state index in [0.29, 0.717) is 11.3 Å². The summed E-state index contributed by atoms with van der Waals surface area (Å²) in [5.41, 5.74) is 0.160. The molecule has 0 aliphatic rings. The smallest absolute Gasteiger partial charge is 0.288 e. The van der Waals surface area contributed by atoms with E-state index in [1.54, 1.807) is 6.07 Å². The molecule has 0 unspecified atom stereocenters. The van der Waals surface area contributed by atoms with Crippen molar-refractivity contribution in [2.45, 2.75) is 0 Å². The van der Waals surface area contributed by atoms with E-state index in [-0.39, 0.29) is 15.7 Å². The average Bonchev–Trinajstić information content (AvgIpc) is 2.70. The van der Waals surface area contributed by atoms with E-state index in [1.165, 1.54) is 18.3 Å². The van der Waals surface area contributed by atoms with Crippen LogP contribution < -0.4 is 0 Å². The molecule has 0 aliphatic heterocycles. The predicted octanol–water partition coefficient (Wildman–Crippen LogP) is 3.56. The molecule has 0 amide bonds. The fourth-order valence-corrected chi connectivity index (χ4v) is 1.77. The lowest BCUT2D eigenvalue weighted by Crippen LogP contribution is -1.90. The molecule has 0 atom stereocenters. The molecule has 1 aromatic heterocycles. The first kappa shape index (κ1) is 10.9. The Labute approximate surface area is 99.7 Å². The van der Waals surface area contributed by atoms with Crippen LogP contribution >= 0.6 is 23.2 Å². The van der Waals surface area contributed by atoms with Crippen LogP contribution in [0.5, 0.6) is 0 Å². The zero-order valence-electron chi connectivity index (χ0n) is 7.68. The monoisotopic (exact) mass is 258 g/mol. The summed E-state index contributed by atoms with van der Waals surface area (Å²) in [6, 6.07) is 4.11. The molecule has 0 radical (unpaired) electrons. The van der Waals surface area contributed by atoms with E-state index in [9.17, 15) is 10.1 Å². The number of benzene rings is 1. The zero-order chi connectivity index (χ0) is 11.7. The average molecular weight is 259 g/mol. The molecule has 0 N–H and O–H groups in total. The van der Waals surface area contributed by atoms with Crippen LogP contribution in [0.3, 0.4) is 0 Å². The lowest BCUT2D eigenvalue weighted by Gasteiger charge is -2.01. The first-order chi connectivity index (χ1) is 7.59. The van der Waals surface area contributed by atoms with Crippen LogP contribution in [0.25, 0.3) is 11.3 Å². The van der Waals surface area contributed by atoms with Crippen molar-refractivity contribution in [2.75, 3.05) is 0 Å². The minimum Gasteiger partial charge on any atom is -0.356 e. The Morgan fingerprint density at radius 2 is 2.06 bits per heavy atom. The number of nitro groups is 1. The van der Waals surface area contributed by atoms with Gasteiger partial charge in [-0.1, -0.05) is 28.4 Å².